The molecule has 33 heavy (non-hydrogen) atoms. The number of rotatable bonds is 8. The first-order valence-corrected chi connectivity index (χ1v) is 10.5. The van der Waals surface area contributed by atoms with Gasteiger partial charge in [-0.05, 0) is 59.1 Å². The van der Waals surface area contributed by atoms with Crippen molar-refractivity contribution in [2.24, 2.45) is 0 Å². The number of nitro benzene ring substituents is 1. The van der Waals surface area contributed by atoms with E-state index in [-0.39, 0.29) is 11.7 Å². The molecule has 2 N–H and O–H groups in total. The van der Waals surface area contributed by atoms with Gasteiger partial charge in [0.05, 0.1) is 10.6 Å². The number of amides is 1. The number of carbonyl (C=O) groups is 1. The molecule has 11 nitrogen and oxygen atoms in total. The normalized spacial score (nSPS) is 16.3. The number of hydrogen-bond donors (Lipinski definition) is 2. The Morgan fingerprint density at radius 2 is 1.97 bits per heavy atom. The molecule has 0 radical (unpaired) electrons. The predicted molar refractivity (Wildman–Crippen MR) is 118 cm³/mol. The summed E-state index contributed by atoms with van der Waals surface area (Å²) in [6.45, 7) is 1.75. The Morgan fingerprint density at radius 1 is 1.21 bits per heavy atom. The van der Waals surface area contributed by atoms with Crippen molar-refractivity contribution in [2.75, 3.05) is 13.1 Å². The molecule has 0 bridgehead atoms. The monoisotopic (exact) mass is 449 g/mol. The summed E-state index contributed by atoms with van der Waals surface area (Å²) in [5.74, 6) is 0.120. The maximum atomic E-state index is 11.1. The Bertz CT molecular complexity index is 1140. The highest BCUT2D eigenvalue weighted by Crippen LogP contribution is 2.32. The second-order valence-corrected chi connectivity index (χ2v) is 7.70. The van der Waals surface area contributed by atoms with E-state index < -0.39 is 10.8 Å². The van der Waals surface area contributed by atoms with E-state index in [1.165, 1.54) is 23.8 Å². The number of non-ortho nitro benzene ring substituents is 1. The van der Waals surface area contributed by atoms with Crippen molar-refractivity contribution in [1.29, 1.82) is 0 Å². The van der Waals surface area contributed by atoms with Crippen LogP contribution >= 0.6 is 0 Å². The van der Waals surface area contributed by atoms with Crippen LogP contribution in [0.25, 0.3) is 11.8 Å². The number of nitrogens with one attached hydrogen (secondary N) is 1. The number of hydroxylamine groups is 1. The second kappa shape index (κ2) is 10.1. The van der Waals surface area contributed by atoms with Gasteiger partial charge < -0.3 is 0 Å². The molecular weight excluding hydrogens is 426 g/mol. The van der Waals surface area contributed by atoms with E-state index in [1.54, 1.807) is 28.4 Å². The maximum absolute atomic E-state index is 11.1. The minimum atomic E-state index is -0.572. The highest BCUT2D eigenvalue weighted by molar-refractivity contribution is 5.90. The molecule has 1 fully saturated rings. The molecule has 1 aliphatic heterocycles. The molecule has 1 saturated heterocycles. The first-order chi connectivity index (χ1) is 16.0. The summed E-state index contributed by atoms with van der Waals surface area (Å²) < 4.78 is 1.61. The van der Waals surface area contributed by atoms with Crippen LogP contribution in [-0.4, -0.2) is 54.2 Å². The lowest BCUT2D eigenvalue weighted by Crippen LogP contribution is -2.26. The molecule has 0 saturated carbocycles. The number of carbonyl (C=O) groups excluding carboxylic acids is 1. The molecule has 3 aromatic rings. The topological polar surface area (TPSA) is 139 Å². The molecule has 170 valence electrons. The Labute approximate surface area is 189 Å². The van der Waals surface area contributed by atoms with Crippen LogP contribution in [0, 0.1) is 10.1 Å². The van der Waals surface area contributed by atoms with Gasteiger partial charge in [-0.15, -0.1) is 5.10 Å². The average Bonchev–Trinajstić information content (AvgIpc) is 3.51. The third kappa shape index (κ3) is 5.27. The van der Waals surface area contributed by atoms with Crippen molar-refractivity contribution in [1.82, 2.24) is 30.6 Å². The number of aromatic nitrogens is 4. The van der Waals surface area contributed by atoms with E-state index in [0.29, 0.717) is 17.9 Å². The van der Waals surface area contributed by atoms with E-state index in [4.69, 9.17) is 5.21 Å². The van der Waals surface area contributed by atoms with Crippen LogP contribution in [0.3, 0.4) is 0 Å². The van der Waals surface area contributed by atoms with Gasteiger partial charge in [0.1, 0.15) is 0 Å². The second-order valence-electron chi connectivity index (χ2n) is 7.70. The van der Waals surface area contributed by atoms with Crippen molar-refractivity contribution in [2.45, 2.75) is 25.3 Å². The van der Waals surface area contributed by atoms with Crippen LogP contribution in [0.4, 0.5) is 5.69 Å². The molecule has 0 spiro atoms. The summed E-state index contributed by atoms with van der Waals surface area (Å²) in [5, 5.41) is 31.4. The van der Waals surface area contributed by atoms with Gasteiger partial charge in [0.15, 0.2) is 5.82 Å². The first kappa shape index (κ1) is 22.2. The van der Waals surface area contributed by atoms with E-state index in [2.05, 4.69) is 32.6 Å². The first-order valence-electron chi connectivity index (χ1n) is 10.5. The fourth-order valence-electron chi connectivity index (χ4n) is 4.03. The lowest BCUT2D eigenvalue weighted by molar-refractivity contribution is -0.384. The van der Waals surface area contributed by atoms with Crippen LogP contribution in [0.5, 0.6) is 0 Å². The van der Waals surface area contributed by atoms with Gasteiger partial charge in [-0.3, -0.25) is 25.0 Å². The molecule has 1 aromatic heterocycles. The third-order valence-electron chi connectivity index (χ3n) is 5.68. The minimum absolute atomic E-state index is 0.0199. The summed E-state index contributed by atoms with van der Waals surface area (Å²) >= 11 is 0. The van der Waals surface area contributed by atoms with Crippen LogP contribution in [0.1, 0.15) is 35.8 Å². The van der Waals surface area contributed by atoms with Gasteiger partial charge >= 0.3 is 0 Å². The zero-order chi connectivity index (χ0) is 23.2. The summed E-state index contributed by atoms with van der Waals surface area (Å²) in [7, 11) is 0. The Kier molecular flexibility index (Phi) is 6.81. The van der Waals surface area contributed by atoms with Crippen LogP contribution in [0.2, 0.25) is 0 Å². The van der Waals surface area contributed by atoms with Crippen molar-refractivity contribution in [3.63, 3.8) is 0 Å². The minimum Gasteiger partial charge on any atom is -0.296 e. The lowest BCUT2D eigenvalue weighted by atomic mass is 10.0. The van der Waals surface area contributed by atoms with E-state index >= 15 is 0 Å². The Balaban J connectivity index is 1.41. The molecule has 1 atom stereocenters. The standard InChI is InChI=1S/C22H23N7O4/c30-22(24-31)12-5-16-3-6-17(7-4-16)20-2-1-14-27(20)15-13-21-23-25-26-28(21)18-8-10-19(11-9-18)29(32)33/h3-12,20,31H,1-2,13-15H2,(H,24,30). The van der Waals surface area contributed by atoms with Gasteiger partial charge in [0, 0.05) is 37.2 Å². The van der Waals surface area contributed by atoms with Gasteiger partial charge in [0.25, 0.3) is 11.6 Å². The molecule has 11 heteroatoms. The van der Waals surface area contributed by atoms with Gasteiger partial charge in [0.2, 0.25) is 0 Å². The van der Waals surface area contributed by atoms with Crippen molar-refractivity contribution in [3.8, 4) is 5.69 Å². The number of tetrazole rings is 1. The number of hydrogen-bond acceptors (Lipinski definition) is 8. The van der Waals surface area contributed by atoms with Gasteiger partial charge in [-0.1, -0.05) is 24.3 Å². The third-order valence-corrected chi connectivity index (χ3v) is 5.68. The highest BCUT2D eigenvalue weighted by atomic mass is 16.6. The van der Waals surface area contributed by atoms with E-state index in [1.807, 2.05) is 12.1 Å². The molecule has 2 aromatic carbocycles. The van der Waals surface area contributed by atoms with Crippen LogP contribution in [-0.2, 0) is 11.2 Å². The summed E-state index contributed by atoms with van der Waals surface area (Å²) in [6.07, 6.45) is 5.69. The highest BCUT2D eigenvalue weighted by Gasteiger charge is 2.26. The number of nitrogens with zero attached hydrogens (tertiary/aromatic N) is 6. The Hall–Kier alpha value is -3.96. The fourth-order valence-corrected chi connectivity index (χ4v) is 4.03. The quantitative estimate of drug-likeness (QED) is 0.231. The van der Waals surface area contributed by atoms with Crippen LogP contribution < -0.4 is 5.48 Å². The smallest absolute Gasteiger partial charge is 0.269 e. The van der Waals surface area contributed by atoms with Crippen molar-refractivity contribution < 1.29 is 14.9 Å². The number of benzene rings is 2. The Morgan fingerprint density at radius 3 is 2.67 bits per heavy atom. The largest absolute Gasteiger partial charge is 0.296 e. The zero-order valence-corrected chi connectivity index (χ0v) is 17.7. The molecule has 1 aliphatic rings. The molecule has 4 rings (SSSR count). The number of likely N-dealkylation sites (tertiary alicyclic amines) is 1. The summed E-state index contributed by atoms with van der Waals surface area (Å²) in [5.41, 5.74) is 4.34. The van der Waals surface area contributed by atoms with E-state index in [0.717, 1.165) is 31.5 Å². The molecular formula is C22H23N7O4. The maximum Gasteiger partial charge on any atom is 0.269 e. The van der Waals surface area contributed by atoms with Crippen molar-refractivity contribution >= 4 is 17.7 Å². The summed E-state index contributed by atoms with van der Waals surface area (Å²) in [6, 6.07) is 14.4. The number of nitro groups is 1. The summed E-state index contributed by atoms with van der Waals surface area (Å²) in [4.78, 5) is 24.0. The van der Waals surface area contributed by atoms with Crippen molar-refractivity contribution in [3.05, 3.63) is 81.7 Å². The predicted octanol–water partition coefficient (Wildman–Crippen LogP) is 2.47. The molecule has 1 unspecified atom stereocenters. The van der Waals surface area contributed by atoms with Gasteiger partial charge in [-0.25, -0.2) is 5.48 Å². The average molecular weight is 449 g/mol. The van der Waals surface area contributed by atoms with E-state index in [9.17, 15) is 14.9 Å². The molecule has 0 aliphatic carbocycles. The zero-order valence-electron chi connectivity index (χ0n) is 17.7. The SMILES string of the molecule is O=C(C=Cc1ccc(C2CCCN2CCc2nnnn2-c2ccc([N+](=O)[O-])cc2)cc1)NO. The fraction of sp³-hybridized carbons (Fsp3) is 0.273. The van der Waals surface area contributed by atoms with Crippen LogP contribution in [0.15, 0.2) is 54.6 Å². The molecule has 1 amide bonds. The van der Waals surface area contributed by atoms with Gasteiger partial charge in [-0.2, -0.15) is 4.68 Å². The lowest BCUT2D eigenvalue weighted by Gasteiger charge is -2.24. The molecule has 2 heterocycles.